The molecule has 0 saturated heterocycles. The van der Waals surface area contributed by atoms with Crippen molar-refractivity contribution in [3.63, 3.8) is 0 Å². The van der Waals surface area contributed by atoms with Crippen LogP contribution < -0.4 is 24.4 Å². The molecule has 2 amide bonds. The predicted molar refractivity (Wildman–Crippen MR) is 124 cm³/mol. The fourth-order valence-electron chi connectivity index (χ4n) is 3.26. The molecule has 180 valence electrons. The number of nitrogens with one attached hydrogen (secondary N) is 1. The van der Waals surface area contributed by atoms with Crippen LogP contribution >= 0.6 is 0 Å². The zero-order chi connectivity index (χ0) is 24.7. The second-order valence-corrected chi connectivity index (χ2v) is 7.21. The summed E-state index contributed by atoms with van der Waals surface area (Å²) < 4.78 is 54.6. The Kier molecular flexibility index (Phi) is 7.88. The number of amides is 2. The van der Waals surface area contributed by atoms with Crippen molar-refractivity contribution in [2.24, 2.45) is 0 Å². The van der Waals surface area contributed by atoms with Crippen LogP contribution in [-0.4, -0.2) is 26.9 Å². The fourth-order valence-corrected chi connectivity index (χ4v) is 3.26. The summed E-state index contributed by atoms with van der Waals surface area (Å²) in [5, 5.41) is 2.66. The van der Waals surface area contributed by atoms with Gasteiger partial charge in [0.2, 0.25) is 0 Å². The smallest absolute Gasteiger partial charge is 0.416 e. The minimum absolute atomic E-state index is 0.167. The molecule has 0 heterocycles. The van der Waals surface area contributed by atoms with Gasteiger partial charge in [-0.15, -0.1) is 0 Å². The molecular weight excluding hydrogens is 449 g/mol. The van der Waals surface area contributed by atoms with Crippen LogP contribution in [0.15, 0.2) is 66.7 Å². The molecule has 1 N–H and O–H groups in total. The second kappa shape index (κ2) is 10.8. The molecule has 9 heteroatoms. The number of rotatable bonds is 8. The van der Waals surface area contributed by atoms with Crippen molar-refractivity contribution in [1.82, 2.24) is 0 Å². The molecule has 0 aromatic heterocycles. The van der Waals surface area contributed by atoms with Gasteiger partial charge in [0, 0.05) is 11.4 Å². The standard InChI is InChI=1S/C25H25F3N2O4/c1-4-34-21-12-10-20(11-13-21)30(16-17-5-14-22(32-2)23(15-17)33-3)24(31)29-19-8-6-18(7-9-19)25(26,27)28/h5-15H,4,16H2,1-3H3,(H,29,31). The lowest BCUT2D eigenvalue weighted by atomic mass is 10.1. The zero-order valence-electron chi connectivity index (χ0n) is 19.0. The minimum atomic E-state index is -4.45. The Morgan fingerprint density at radius 2 is 1.56 bits per heavy atom. The van der Waals surface area contributed by atoms with Gasteiger partial charge in [-0.2, -0.15) is 13.2 Å². The van der Waals surface area contributed by atoms with E-state index in [4.69, 9.17) is 14.2 Å². The van der Waals surface area contributed by atoms with Crippen molar-refractivity contribution in [1.29, 1.82) is 0 Å². The molecular formula is C25H25F3N2O4. The van der Waals surface area contributed by atoms with E-state index >= 15 is 0 Å². The number of carbonyl (C=O) groups is 1. The molecule has 0 atom stereocenters. The van der Waals surface area contributed by atoms with Crippen molar-refractivity contribution < 1.29 is 32.2 Å². The Labute approximate surface area is 195 Å². The van der Waals surface area contributed by atoms with E-state index in [1.54, 1.807) is 42.5 Å². The van der Waals surface area contributed by atoms with Crippen molar-refractivity contribution in [2.45, 2.75) is 19.6 Å². The third kappa shape index (κ3) is 6.12. The minimum Gasteiger partial charge on any atom is -0.494 e. The van der Waals surface area contributed by atoms with Crippen LogP contribution in [0.1, 0.15) is 18.1 Å². The van der Waals surface area contributed by atoms with E-state index in [-0.39, 0.29) is 12.2 Å². The molecule has 6 nitrogen and oxygen atoms in total. The second-order valence-electron chi connectivity index (χ2n) is 7.21. The Morgan fingerprint density at radius 1 is 0.912 bits per heavy atom. The normalized spacial score (nSPS) is 11.0. The summed E-state index contributed by atoms with van der Waals surface area (Å²) in [6.07, 6.45) is -4.45. The molecule has 0 saturated carbocycles. The van der Waals surface area contributed by atoms with Gasteiger partial charge in [-0.3, -0.25) is 4.90 Å². The number of nitrogens with zero attached hydrogens (tertiary/aromatic N) is 1. The molecule has 34 heavy (non-hydrogen) atoms. The molecule has 0 aliphatic carbocycles. The molecule has 0 fully saturated rings. The third-order valence-electron chi connectivity index (χ3n) is 4.96. The SMILES string of the molecule is CCOc1ccc(N(Cc2ccc(OC)c(OC)c2)C(=O)Nc2ccc(C(F)(F)F)cc2)cc1. The maximum absolute atomic E-state index is 13.2. The predicted octanol–water partition coefficient (Wildman–Crippen LogP) is 6.36. The number of alkyl halides is 3. The van der Waals surface area contributed by atoms with Crippen molar-refractivity contribution in [3.8, 4) is 17.2 Å². The molecule has 0 aliphatic heterocycles. The van der Waals surface area contributed by atoms with Crippen molar-refractivity contribution in [3.05, 3.63) is 77.9 Å². The highest BCUT2D eigenvalue weighted by molar-refractivity contribution is 6.01. The number of benzene rings is 3. The Balaban J connectivity index is 1.88. The number of hydrogen-bond donors (Lipinski definition) is 1. The lowest BCUT2D eigenvalue weighted by molar-refractivity contribution is -0.137. The van der Waals surface area contributed by atoms with Gasteiger partial charge in [0.15, 0.2) is 11.5 Å². The van der Waals surface area contributed by atoms with E-state index in [1.165, 1.54) is 31.3 Å². The average molecular weight is 474 g/mol. The van der Waals surface area contributed by atoms with Gasteiger partial charge in [-0.05, 0) is 73.2 Å². The first-order valence-corrected chi connectivity index (χ1v) is 10.4. The van der Waals surface area contributed by atoms with E-state index in [2.05, 4.69) is 5.32 Å². The number of ether oxygens (including phenoxy) is 3. The van der Waals surface area contributed by atoms with Crippen molar-refractivity contribution in [2.75, 3.05) is 31.0 Å². The van der Waals surface area contributed by atoms with E-state index < -0.39 is 17.8 Å². The largest absolute Gasteiger partial charge is 0.494 e. The molecule has 0 radical (unpaired) electrons. The molecule has 3 aromatic carbocycles. The van der Waals surface area contributed by atoms with Crippen LogP contribution in [0, 0.1) is 0 Å². The summed E-state index contributed by atoms with van der Waals surface area (Å²) in [6.45, 7) is 2.54. The van der Waals surface area contributed by atoms with Crippen LogP contribution in [0.3, 0.4) is 0 Å². The first kappa shape index (κ1) is 24.8. The molecule has 0 aliphatic rings. The Hall–Kier alpha value is -3.88. The highest BCUT2D eigenvalue weighted by Crippen LogP contribution is 2.31. The summed E-state index contributed by atoms with van der Waals surface area (Å²) >= 11 is 0. The van der Waals surface area contributed by atoms with E-state index in [0.29, 0.717) is 29.5 Å². The van der Waals surface area contributed by atoms with Gasteiger partial charge in [-0.25, -0.2) is 4.79 Å². The molecule has 0 bridgehead atoms. The van der Waals surface area contributed by atoms with Crippen molar-refractivity contribution >= 4 is 17.4 Å². The van der Waals surface area contributed by atoms with Crippen LogP contribution in [0.5, 0.6) is 17.2 Å². The summed E-state index contributed by atoms with van der Waals surface area (Å²) in [5.74, 6) is 1.71. The molecule has 3 rings (SSSR count). The topological polar surface area (TPSA) is 60.0 Å². The number of hydrogen-bond acceptors (Lipinski definition) is 4. The number of halogens is 3. The lowest BCUT2D eigenvalue weighted by Crippen LogP contribution is -2.34. The van der Waals surface area contributed by atoms with E-state index in [9.17, 15) is 18.0 Å². The third-order valence-corrected chi connectivity index (χ3v) is 4.96. The Bertz CT molecular complexity index is 1100. The quantitative estimate of drug-likeness (QED) is 0.413. The molecule has 3 aromatic rings. The maximum atomic E-state index is 13.2. The highest BCUT2D eigenvalue weighted by atomic mass is 19.4. The summed E-state index contributed by atoms with van der Waals surface area (Å²) in [6, 6.07) is 16.0. The molecule has 0 spiro atoms. The number of methoxy groups -OCH3 is 2. The average Bonchev–Trinajstić information content (AvgIpc) is 2.83. The number of anilines is 2. The van der Waals surface area contributed by atoms with Gasteiger partial charge in [0.05, 0.1) is 32.9 Å². The number of urea groups is 1. The highest BCUT2D eigenvalue weighted by Gasteiger charge is 2.30. The van der Waals surface area contributed by atoms with Crippen LogP contribution in [0.4, 0.5) is 29.3 Å². The summed E-state index contributed by atoms with van der Waals surface area (Å²) in [4.78, 5) is 14.7. The van der Waals surface area contributed by atoms with Gasteiger partial charge in [-0.1, -0.05) is 6.07 Å². The van der Waals surface area contributed by atoms with Gasteiger partial charge in [0.25, 0.3) is 0 Å². The number of carbonyl (C=O) groups excluding carboxylic acids is 1. The van der Waals surface area contributed by atoms with Gasteiger partial charge < -0.3 is 19.5 Å². The summed E-state index contributed by atoms with van der Waals surface area (Å²) in [5.41, 5.74) is 0.775. The lowest BCUT2D eigenvalue weighted by Gasteiger charge is -2.24. The first-order chi connectivity index (χ1) is 16.2. The fraction of sp³-hybridized carbons (Fsp3) is 0.240. The maximum Gasteiger partial charge on any atom is 0.416 e. The van der Waals surface area contributed by atoms with Gasteiger partial charge >= 0.3 is 12.2 Å². The van der Waals surface area contributed by atoms with E-state index in [0.717, 1.165) is 17.7 Å². The van der Waals surface area contributed by atoms with Crippen LogP contribution in [0.25, 0.3) is 0 Å². The van der Waals surface area contributed by atoms with Gasteiger partial charge in [0.1, 0.15) is 5.75 Å². The van der Waals surface area contributed by atoms with Crippen LogP contribution in [0.2, 0.25) is 0 Å². The zero-order valence-corrected chi connectivity index (χ0v) is 19.0. The Morgan fingerprint density at radius 3 is 2.12 bits per heavy atom. The summed E-state index contributed by atoms with van der Waals surface area (Å²) in [7, 11) is 3.05. The molecule has 0 unspecified atom stereocenters. The first-order valence-electron chi connectivity index (χ1n) is 10.4. The van der Waals surface area contributed by atoms with E-state index in [1.807, 2.05) is 6.92 Å². The van der Waals surface area contributed by atoms with Crippen LogP contribution in [-0.2, 0) is 12.7 Å². The monoisotopic (exact) mass is 474 g/mol.